The van der Waals surface area contributed by atoms with Crippen LogP contribution in [0.4, 0.5) is 11.5 Å². The maximum absolute atomic E-state index is 12.5. The predicted octanol–water partition coefficient (Wildman–Crippen LogP) is 4.59. The van der Waals surface area contributed by atoms with E-state index in [1.54, 1.807) is 31.3 Å². The molecule has 1 aromatic carbocycles. The maximum atomic E-state index is 12.5. The number of nitrogens with zero attached hydrogens (tertiary/aromatic N) is 1. The molecule has 1 heterocycles. The highest BCUT2D eigenvalue weighted by Gasteiger charge is 2.16. The van der Waals surface area contributed by atoms with Gasteiger partial charge in [0.25, 0.3) is 10.0 Å². The van der Waals surface area contributed by atoms with Crippen molar-refractivity contribution in [1.29, 1.82) is 0 Å². The van der Waals surface area contributed by atoms with Crippen molar-refractivity contribution in [2.45, 2.75) is 50.0 Å². The molecule has 1 fully saturated rings. The second kappa shape index (κ2) is 7.62. The second-order valence-corrected chi connectivity index (χ2v) is 8.52. The van der Waals surface area contributed by atoms with E-state index < -0.39 is 10.0 Å². The molecule has 0 spiro atoms. The van der Waals surface area contributed by atoms with Crippen molar-refractivity contribution in [3.8, 4) is 0 Å². The summed E-state index contributed by atoms with van der Waals surface area (Å²) in [5.41, 5.74) is 1.63. The highest BCUT2D eigenvalue weighted by molar-refractivity contribution is 7.92. The first-order chi connectivity index (χ1) is 11.9. The molecule has 25 heavy (non-hydrogen) atoms. The minimum absolute atomic E-state index is 0.167. The molecule has 0 saturated heterocycles. The second-order valence-electron chi connectivity index (χ2n) is 6.43. The van der Waals surface area contributed by atoms with E-state index in [1.807, 2.05) is 6.07 Å². The van der Waals surface area contributed by atoms with Gasteiger partial charge in [0.15, 0.2) is 0 Å². The first kappa shape index (κ1) is 18.0. The van der Waals surface area contributed by atoms with Crippen molar-refractivity contribution in [1.82, 2.24) is 4.98 Å². The fourth-order valence-corrected chi connectivity index (χ4v) is 4.21. The fraction of sp³-hybridized carbons (Fsp3) is 0.389. The summed E-state index contributed by atoms with van der Waals surface area (Å²) < 4.78 is 27.4. The summed E-state index contributed by atoms with van der Waals surface area (Å²) in [5.74, 6) is 0.293. The van der Waals surface area contributed by atoms with E-state index in [4.69, 9.17) is 11.6 Å². The van der Waals surface area contributed by atoms with Crippen LogP contribution in [0.1, 0.15) is 37.7 Å². The zero-order valence-electron chi connectivity index (χ0n) is 14.1. The highest BCUT2D eigenvalue weighted by atomic mass is 35.5. The summed E-state index contributed by atoms with van der Waals surface area (Å²) in [6, 6.07) is 8.62. The summed E-state index contributed by atoms with van der Waals surface area (Å²) >= 11 is 5.95. The van der Waals surface area contributed by atoms with E-state index in [0.29, 0.717) is 22.4 Å². The SMILES string of the molecule is Cc1cc(S(=O)(=O)Nc2ccc(NC3CCCCC3)cn2)ccc1Cl. The zero-order valence-corrected chi connectivity index (χ0v) is 15.7. The van der Waals surface area contributed by atoms with Crippen molar-refractivity contribution in [2.75, 3.05) is 10.0 Å². The van der Waals surface area contributed by atoms with Crippen LogP contribution in [0.2, 0.25) is 5.02 Å². The van der Waals surface area contributed by atoms with Gasteiger partial charge >= 0.3 is 0 Å². The smallest absolute Gasteiger partial charge is 0.263 e. The molecule has 0 aliphatic heterocycles. The van der Waals surface area contributed by atoms with Gasteiger partial charge in [-0.3, -0.25) is 4.72 Å². The number of benzene rings is 1. The summed E-state index contributed by atoms with van der Waals surface area (Å²) in [4.78, 5) is 4.38. The molecule has 0 radical (unpaired) electrons. The van der Waals surface area contributed by atoms with Crippen LogP contribution >= 0.6 is 11.6 Å². The number of hydrogen-bond acceptors (Lipinski definition) is 4. The molecule has 0 bridgehead atoms. The molecular weight excluding hydrogens is 358 g/mol. The van der Waals surface area contributed by atoms with Crippen molar-refractivity contribution in [3.63, 3.8) is 0 Å². The Morgan fingerprint density at radius 2 is 1.88 bits per heavy atom. The first-order valence-electron chi connectivity index (χ1n) is 8.45. The summed E-state index contributed by atoms with van der Waals surface area (Å²) in [6.07, 6.45) is 7.82. The predicted molar refractivity (Wildman–Crippen MR) is 102 cm³/mol. The molecule has 1 saturated carbocycles. The van der Waals surface area contributed by atoms with Crippen LogP contribution < -0.4 is 10.0 Å². The minimum Gasteiger partial charge on any atom is -0.381 e. The molecule has 1 aliphatic carbocycles. The van der Waals surface area contributed by atoms with Crippen molar-refractivity contribution < 1.29 is 8.42 Å². The molecule has 0 amide bonds. The third kappa shape index (κ3) is 4.64. The van der Waals surface area contributed by atoms with Crippen LogP contribution in [-0.4, -0.2) is 19.4 Å². The highest BCUT2D eigenvalue weighted by Crippen LogP contribution is 2.23. The van der Waals surface area contributed by atoms with Gasteiger partial charge in [-0.25, -0.2) is 13.4 Å². The van der Waals surface area contributed by atoms with Crippen molar-refractivity contribution in [2.24, 2.45) is 0 Å². The lowest BCUT2D eigenvalue weighted by molar-refractivity contribution is 0.462. The molecule has 2 N–H and O–H groups in total. The Kier molecular flexibility index (Phi) is 5.49. The lowest BCUT2D eigenvalue weighted by Crippen LogP contribution is -2.22. The average molecular weight is 380 g/mol. The van der Waals surface area contributed by atoms with Gasteiger partial charge in [-0.1, -0.05) is 30.9 Å². The van der Waals surface area contributed by atoms with Crippen molar-refractivity contribution in [3.05, 3.63) is 47.1 Å². The normalized spacial score (nSPS) is 15.8. The Morgan fingerprint density at radius 1 is 1.12 bits per heavy atom. The van der Waals surface area contributed by atoms with Crippen LogP contribution in [0.15, 0.2) is 41.4 Å². The van der Waals surface area contributed by atoms with Crippen LogP contribution in [-0.2, 0) is 10.0 Å². The number of pyridine rings is 1. The first-order valence-corrected chi connectivity index (χ1v) is 10.3. The van der Waals surface area contributed by atoms with Gasteiger partial charge < -0.3 is 5.32 Å². The Bertz CT molecular complexity index is 832. The number of nitrogens with one attached hydrogen (secondary N) is 2. The molecule has 134 valence electrons. The number of aryl methyl sites for hydroxylation is 1. The molecule has 0 atom stereocenters. The van der Waals surface area contributed by atoms with Gasteiger partial charge in [0.05, 0.1) is 16.8 Å². The molecular formula is C18H22ClN3O2S. The summed E-state index contributed by atoms with van der Waals surface area (Å²) in [6.45, 7) is 1.77. The van der Waals surface area contributed by atoms with E-state index >= 15 is 0 Å². The van der Waals surface area contributed by atoms with Crippen LogP contribution in [0.5, 0.6) is 0 Å². The molecule has 5 nitrogen and oxygen atoms in total. The quantitative estimate of drug-likeness (QED) is 0.797. The van der Waals surface area contributed by atoms with Gasteiger partial charge in [-0.05, 0) is 55.7 Å². The number of rotatable bonds is 5. The number of sulfonamides is 1. The molecule has 3 rings (SSSR count). The monoisotopic (exact) mass is 379 g/mol. The summed E-state index contributed by atoms with van der Waals surface area (Å²) in [7, 11) is -3.68. The lowest BCUT2D eigenvalue weighted by atomic mass is 9.95. The summed E-state index contributed by atoms with van der Waals surface area (Å²) in [5, 5.41) is 4.00. The third-order valence-corrected chi connectivity index (χ3v) is 6.19. The van der Waals surface area contributed by atoms with Crippen LogP contribution in [0, 0.1) is 6.92 Å². The lowest BCUT2D eigenvalue weighted by Gasteiger charge is -2.23. The number of aromatic nitrogens is 1. The van der Waals surface area contributed by atoms with E-state index in [1.165, 1.54) is 38.2 Å². The van der Waals surface area contributed by atoms with E-state index in [2.05, 4.69) is 15.0 Å². The Labute approximate surface area is 153 Å². The topological polar surface area (TPSA) is 71.1 Å². The van der Waals surface area contributed by atoms with Crippen LogP contribution in [0.3, 0.4) is 0 Å². The molecule has 1 aliphatic rings. The average Bonchev–Trinajstić information content (AvgIpc) is 2.60. The molecule has 7 heteroatoms. The zero-order chi connectivity index (χ0) is 17.9. The largest absolute Gasteiger partial charge is 0.381 e. The standard InChI is InChI=1S/C18H22ClN3O2S/c1-13-11-16(8-9-17(13)19)25(23,24)22-18-10-7-15(12-20-18)21-14-5-3-2-4-6-14/h7-12,14,21H,2-6H2,1H3,(H,20,22). The number of hydrogen-bond donors (Lipinski definition) is 2. The van der Waals surface area contributed by atoms with Crippen LogP contribution in [0.25, 0.3) is 0 Å². The fourth-order valence-electron chi connectivity index (χ4n) is 3.00. The third-order valence-electron chi connectivity index (χ3n) is 4.42. The van der Waals surface area contributed by atoms with Gasteiger partial charge in [0, 0.05) is 11.1 Å². The Morgan fingerprint density at radius 3 is 2.52 bits per heavy atom. The molecule has 0 unspecified atom stereocenters. The maximum Gasteiger partial charge on any atom is 0.263 e. The number of anilines is 2. The van der Waals surface area contributed by atoms with Gasteiger partial charge in [-0.2, -0.15) is 0 Å². The van der Waals surface area contributed by atoms with Gasteiger partial charge in [0.2, 0.25) is 0 Å². The van der Waals surface area contributed by atoms with Gasteiger partial charge in [0.1, 0.15) is 5.82 Å². The van der Waals surface area contributed by atoms with Crippen molar-refractivity contribution >= 4 is 33.1 Å². The molecule has 1 aromatic heterocycles. The Hall–Kier alpha value is -1.79. The van der Waals surface area contributed by atoms with Gasteiger partial charge in [-0.15, -0.1) is 0 Å². The van der Waals surface area contributed by atoms with E-state index in [0.717, 1.165) is 5.69 Å². The number of halogens is 1. The van der Waals surface area contributed by atoms with E-state index in [-0.39, 0.29) is 4.90 Å². The molecule has 2 aromatic rings. The minimum atomic E-state index is -3.68. The van der Waals surface area contributed by atoms with E-state index in [9.17, 15) is 8.42 Å². The Balaban J connectivity index is 1.68.